The molecule has 0 atom stereocenters. The maximum absolute atomic E-state index is 4.41. The molecule has 0 saturated carbocycles. The lowest BCUT2D eigenvalue weighted by molar-refractivity contribution is 1.37. The van der Waals surface area contributed by atoms with Gasteiger partial charge in [-0.1, -0.05) is 30.8 Å². The number of pyridine rings is 1. The minimum Gasteiger partial charge on any atom is -0.248 e. The monoisotopic (exact) mass is 167 g/mol. The lowest BCUT2D eigenvalue weighted by Crippen LogP contribution is -1.81. The van der Waals surface area contributed by atoms with Gasteiger partial charge in [-0.05, 0) is 12.1 Å². The maximum atomic E-state index is 4.41. The second-order valence-electron chi connectivity index (χ2n) is 2.78. The van der Waals surface area contributed by atoms with Crippen molar-refractivity contribution in [3.8, 4) is 0 Å². The van der Waals surface area contributed by atoms with Crippen LogP contribution in [-0.2, 0) is 0 Å². The van der Waals surface area contributed by atoms with Crippen LogP contribution >= 0.6 is 0 Å². The van der Waals surface area contributed by atoms with Crippen LogP contribution in [-0.4, -0.2) is 4.98 Å². The van der Waals surface area contributed by atoms with Gasteiger partial charge in [-0.15, -0.1) is 5.73 Å². The van der Waals surface area contributed by atoms with Crippen molar-refractivity contribution >= 4 is 17.0 Å². The second kappa shape index (κ2) is 3.26. The van der Waals surface area contributed by atoms with Crippen LogP contribution < -0.4 is 0 Å². The van der Waals surface area contributed by atoms with Gasteiger partial charge in [0.05, 0.1) is 11.2 Å². The molecule has 1 heterocycles. The van der Waals surface area contributed by atoms with Crippen LogP contribution in [0, 0.1) is 0 Å². The van der Waals surface area contributed by atoms with E-state index in [4.69, 9.17) is 0 Å². The molecule has 0 fully saturated rings. The van der Waals surface area contributed by atoms with Gasteiger partial charge in [-0.25, -0.2) is 4.98 Å². The fourth-order valence-corrected chi connectivity index (χ4v) is 1.27. The smallest absolute Gasteiger partial charge is 0.0714 e. The fraction of sp³-hybridized carbons (Fsp3) is 0. The SMILES string of the molecule is C=C=Cc1ccc2ccccc2n1. The standard InChI is InChI=1S/C12H9N/c1-2-5-11-9-8-10-6-3-4-7-12(10)13-11/h3-9H,1H2. The number of nitrogens with zero attached hydrogens (tertiary/aromatic N) is 1. The third kappa shape index (κ3) is 1.51. The summed E-state index contributed by atoms with van der Waals surface area (Å²) in [5.41, 5.74) is 4.61. The largest absolute Gasteiger partial charge is 0.248 e. The molecule has 1 aromatic heterocycles. The van der Waals surface area contributed by atoms with Crippen molar-refractivity contribution in [3.05, 3.63) is 54.4 Å². The van der Waals surface area contributed by atoms with Crippen LogP contribution in [0.2, 0.25) is 0 Å². The van der Waals surface area contributed by atoms with Gasteiger partial charge in [0, 0.05) is 11.5 Å². The molecule has 0 aliphatic rings. The average Bonchev–Trinajstić information content (AvgIpc) is 2.18. The first-order chi connectivity index (χ1) is 6.40. The Morgan fingerprint density at radius 2 is 2.00 bits per heavy atom. The molecule has 0 N–H and O–H groups in total. The number of rotatable bonds is 1. The van der Waals surface area contributed by atoms with E-state index in [0.29, 0.717) is 0 Å². The molecule has 13 heavy (non-hydrogen) atoms. The summed E-state index contributed by atoms with van der Waals surface area (Å²) in [4.78, 5) is 4.41. The fourth-order valence-electron chi connectivity index (χ4n) is 1.27. The number of fused-ring (bicyclic) bond motifs is 1. The summed E-state index contributed by atoms with van der Waals surface area (Å²) in [6.07, 6.45) is 1.77. The summed E-state index contributed by atoms with van der Waals surface area (Å²) in [5.74, 6) is 0. The van der Waals surface area contributed by atoms with E-state index in [1.807, 2.05) is 36.4 Å². The summed E-state index contributed by atoms with van der Waals surface area (Å²) in [6.45, 7) is 3.52. The van der Waals surface area contributed by atoms with Gasteiger partial charge in [0.1, 0.15) is 0 Å². The third-order valence-corrected chi connectivity index (χ3v) is 1.87. The summed E-state index contributed by atoms with van der Waals surface area (Å²) < 4.78 is 0. The Kier molecular flexibility index (Phi) is 1.95. The van der Waals surface area contributed by atoms with Gasteiger partial charge in [0.2, 0.25) is 0 Å². The molecule has 62 valence electrons. The van der Waals surface area contributed by atoms with Gasteiger partial charge in [-0.3, -0.25) is 0 Å². The minimum atomic E-state index is 0.897. The first kappa shape index (κ1) is 7.78. The lowest BCUT2D eigenvalue weighted by Gasteiger charge is -1.96. The Morgan fingerprint density at radius 1 is 1.15 bits per heavy atom. The second-order valence-corrected chi connectivity index (χ2v) is 2.78. The van der Waals surface area contributed by atoms with Crippen LogP contribution in [0.25, 0.3) is 17.0 Å². The van der Waals surface area contributed by atoms with Gasteiger partial charge < -0.3 is 0 Å². The normalized spacial score (nSPS) is 9.54. The Hall–Kier alpha value is -1.85. The molecule has 1 aromatic carbocycles. The molecule has 1 heteroatoms. The van der Waals surface area contributed by atoms with E-state index in [2.05, 4.69) is 17.3 Å². The van der Waals surface area contributed by atoms with E-state index in [1.165, 1.54) is 0 Å². The predicted octanol–water partition coefficient (Wildman–Crippen LogP) is 3.03. The van der Waals surface area contributed by atoms with Crippen LogP contribution in [0.15, 0.2) is 48.7 Å². The zero-order chi connectivity index (χ0) is 9.10. The number of aromatic nitrogens is 1. The van der Waals surface area contributed by atoms with Crippen molar-refractivity contribution in [3.63, 3.8) is 0 Å². The van der Waals surface area contributed by atoms with Gasteiger partial charge >= 0.3 is 0 Å². The zero-order valence-corrected chi connectivity index (χ0v) is 7.20. The van der Waals surface area contributed by atoms with E-state index >= 15 is 0 Å². The van der Waals surface area contributed by atoms with Crippen molar-refractivity contribution in [2.75, 3.05) is 0 Å². The Morgan fingerprint density at radius 3 is 2.85 bits per heavy atom. The minimum absolute atomic E-state index is 0.897. The molecule has 2 rings (SSSR count). The molecular weight excluding hydrogens is 158 g/mol. The third-order valence-electron chi connectivity index (χ3n) is 1.87. The van der Waals surface area contributed by atoms with Gasteiger partial charge in [0.25, 0.3) is 0 Å². The molecule has 0 bridgehead atoms. The molecule has 1 nitrogen and oxygen atoms in total. The highest BCUT2D eigenvalue weighted by Gasteiger charge is 1.92. The lowest BCUT2D eigenvalue weighted by atomic mass is 10.2. The summed E-state index contributed by atoms with van der Waals surface area (Å²) in [5, 5.41) is 1.16. The molecule has 0 aliphatic carbocycles. The summed E-state index contributed by atoms with van der Waals surface area (Å²) in [6, 6.07) is 12.0. The molecule has 0 radical (unpaired) electrons. The Bertz CT molecular complexity index is 479. The average molecular weight is 167 g/mol. The van der Waals surface area contributed by atoms with E-state index in [0.717, 1.165) is 16.6 Å². The number of hydrogen-bond acceptors (Lipinski definition) is 1. The highest BCUT2D eigenvalue weighted by molar-refractivity contribution is 5.79. The van der Waals surface area contributed by atoms with E-state index in [9.17, 15) is 0 Å². The van der Waals surface area contributed by atoms with Crippen LogP contribution in [0.3, 0.4) is 0 Å². The van der Waals surface area contributed by atoms with Gasteiger partial charge in [-0.2, -0.15) is 0 Å². The van der Waals surface area contributed by atoms with Crippen molar-refractivity contribution in [1.29, 1.82) is 0 Å². The van der Waals surface area contributed by atoms with Crippen LogP contribution in [0.5, 0.6) is 0 Å². The quantitative estimate of drug-likeness (QED) is 0.595. The Balaban J connectivity index is 2.68. The molecule has 0 saturated heterocycles. The highest BCUT2D eigenvalue weighted by atomic mass is 14.7. The maximum Gasteiger partial charge on any atom is 0.0714 e. The molecule has 0 unspecified atom stereocenters. The zero-order valence-electron chi connectivity index (χ0n) is 7.20. The van der Waals surface area contributed by atoms with E-state index in [-0.39, 0.29) is 0 Å². The van der Waals surface area contributed by atoms with Crippen molar-refractivity contribution in [1.82, 2.24) is 4.98 Å². The topological polar surface area (TPSA) is 12.9 Å². The molecule has 0 amide bonds. The first-order valence-electron chi connectivity index (χ1n) is 4.12. The summed E-state index contributed by atoms with van der Waals surface area (Å²) in [7, 11) is 0. The highest BCUT2D eigenvalue weighted by Crippen LogP contribution is 2.11. The predicted molar refractivity (Wildman–Crippen MR) is 55.3 cm³/mol. The van der Waals surface area contributed by atoms with E-state index < -0.39 is 0 Å². The molecule has 0 spiro atoms. The van der Waals surface area contributed by atoms with Crippen molar-refractivity contribution < 1.29 is 0 Å². The number of para-hydroxylation sites is 1. The van der Waals surface area contributed by atoms with Crippen molar-refractivity contribution in [2.45, 2.75) is 0 Å². The van der Waals surface area contributed by atoms with E-state index in [1.54, 1.807) is 6.08 Å². The molecule has 2 aromatic rings. The van der Waals surface area contributed by atoms with Crippen LogP contribution in [0.1, 0.15) is 5.69 Å². The molecular formula is C12H9N. The summed E-state index contributed by atoms with van der Waals surface area (Å²) >= 11 is 0. The van der Waals surface area contributed by atoms with Crippen molar-refractivity contribution in [2.24, 2.45) is 0 Å². The number of hydrogen-bond donors (Lipinski definition) is 0. The Labute approximate surface area is 77.0 Å². The van der Waals surface area contributed by atoms with Crippen LogP contribution in [0.4, 0.5) is 0 Å². The van der Waals surface area contributed by atoms with Gasteiger partial charge in [0.15, 0.2) is 0 Å². The number of benzene rings is 1. The molecule has 0 aliphatic heterocycles. The first-order valence-corrected chi connectivity index (χ1v) is 4.12.